The van der Waals surface area contributed by atoms with Crippen LogP contribution in [0.2, 0.25) is 0 Å². The zero-order chi connectivity index (χ0) is 25.7. The minimum Gasteiger partial charge on any atom is -0.322 e. The molecule has 0 amide bonds. The third kappa shape index (κ3) is 7.97. The Hall–Kier alpha value is -2.06. The summed E-state index contributed by atoms with van der Waals surface area (Å²) in [5.74, 6) is 0. The molecule has 0 saturated carbocycles. The molecular formula is C26H31F3N2O2RuS. The number of aryl methyl sites for hydroxylation is 2. The Labute approximate surface area is 219 Å². The third-order valence-electron chi connectivity index (χ3n) is 6.03. The molecule has 0 fully saturated rings. The van der Waals surface area contributed by atoms with Gasteiger partial charge >= 0.3 is 15.5 Å². The molecule has 4 nitrogen and oxygen atoms in total. The first-order valence-electron chi connectivity index (χ1n) is 10.7. The predicted molar refractivity (Wildman–Crippen MR) is 131 cm³/mol. The van der Waals surface area contributed by atoms with Gasteiger partial charge in [-0.2, -0.15) is 17.9 Å². The molecule has 3 aromatic rings. The summed E-state index contributed by atoms with van der Waals surface area (Å²) in [7, 11) is -5.53. The van der Waals surface area contributed by atoms with Crippen molar-refractivity contribution in [1.29, 1.82) is 0 Å². The Balaban J connectivity index is 0.000000430. The maximum Gasteiger partial charge on any atom is 0.511 e. The van der Waals surface area contributed by atoms with Gasteiger partial charge in [-0.25, -0.2) is 8.42 Å². The topological polar surface area (TPSA) is 72.2 Å². The number of hydrogen-bond donors (Lipinski definition) is 2. The number of nitrogens with one attached hydrogen (secondary N) is 1. The molecule has 0 aromatic heterocycles. The summed E-state index contributed by atoms with van der Waals surface area (Å²) in [6.07, 6.45) is 0. The van der Waals surface area contributed by atoms with Gasteiger partial charge in [0.15, 0.2) is 0 Å². The second-order valence-corrected chi connectivity index (χ2v) is 9.98. The van der Waals surface area contributed by atoms with Crippen molar-refractivity contribution in [2.24, 2.45) is 5.73 Å². The Morgan fingerprint density at radius 2 is 1.14 bits per heavy atom. The van der Waals surface area contributed by atoms with E-state index in [0.717, 1.165) is 0 Å². The molecule has 35 heavy (non-hydrogen) atoms. The van der Waals surface area contributed by atoms with Crippen molar-refractivity contribution in [1.82, 2.24) is 4.72 Å². The molecule has 2 atom stereocenters. The number of hydrogen-bond acceptors (Lipinski definition) is 3. The Kier molecular flexibility index (Phi) is 11.3. The minimum atomic E-state index is -5.53. The van der Waals surface area contributed by atoms with E-state index in [4.69, 9.17) is 5.73 Å². The van der Waals surface area contributed by atoms with E-state index in [1.54, 1.807) is 53.3 Å². The fourth-order valence-corrected chi connectivity index (χ4v) is 4.28. The summed E-state index contributed by atoms with van der Waals surface area (Å²) in [6.45, 7) is 10.9. The number of rotatable bonds is 5. The predicted octanol–water partition coefficient (Wildman–Crippen LogP) is 6.09. The van der Waals surface area contributed by atoms with Crippen LogP contribution in [0.25, 0.3) is 0 Å². The SMILES string of the molecule is Cc1cc(C)c(C)c(C)c1C.N[C@H](c1ccccc1)[C@H](NS(=O)(=O)C(F)(F)F)c1ccccc1.[Ru]. The molecule has 0 saturated heterocycles. The van der Waals surface area contributed by atoms with Crippen LogP contribution in [0.3, 0.4) is 0 Å². The van der Waals surface area contributed by atoms with E-state index in [1.165, 1.54) is 39.9 Å². The largest absolute Gasteiger partial charge is 0.511 e. The van der Waals surface area contributed by atoms with Crippen molar-refractivity contribution in [3.05, 3.63) is 106 Å². The zero-order valence-corrected chi connectivity index (χ0v) is 22.8. The maximum atomic E-state index is 12.7. The quantitative estimate of drug-likeness (QED) is 0.352. The standard InChI is InChI=1S/C15H15F3N2O2S.C11H16.Ru/c16-15(17,18)23(21,22)20-14(12-9-5-2-6-10-12)13(19)11-7-3-1-4-8-11;1-7-6-8(2)10(4)11(5)9(7)3;/h1-10,13-14,20H,19H2;6H,1-5H3;/t13-,14-;;/m1../s1. The molecule has 0 aliphatic carbocycles. The van der Waals surface area contributed by atoms with Gasteiger partial charge in [0.25, 0.3) is 0 Å². The van der Waals surface area contributed by atoms with Crippen LogP contribution in [0.15, 0.2) is 66.7 Å². The van der Waals surface area contributed by atoms with E-state index in [-0.39, 0.29) is 19.5 Å². The maximum absolute atomic E-state index is 12.7. The molecule has 0 spiro atoms. The van der Waals surface area contributed by atoms with Crippen LogP contribution in [0.1, 0.15) is 51.0 Å². The van der Waals surface area contributed by atoms with Gasteiger partial charge in [0.2, 0.25) is 0 Å². The molecular weight excluding hydrogens is 562 g/mol. The smallest absolute Gasteiger partial charge is 0.322 e. The molecule has 3 rings (SSSR count). The summed E-state index contributed by atoms with van der Waals surface area (Å²) < 4.78 is 62.7. The second-order valence-electron chi connectivity index (χ2n) is 8.28. The summed E-state index contributed by atoms with van der Waals surface area (Å²) >= 11 is 0. The van der Waals surface area contributed by atoms with E-state index in [9.17, 15) is 21.6 Å². The molecule has 0 aliphatic heterocycles. The van der Waals surface area contributed by atoms with Crippen molar-refractivity contribution in [3.63, 3.8) is 0 Å². The van der Waals surface area contributed by atoms with Crippen molar-refractivity contribution in [2.45, 2.75) is 52.2 Å². The third-order valence-corrected chi connectivity index (χ3v) is 7.20. The van der Waals surface area contributed by atoms with Crippen molar-refractivity contribution in [2.75, 3.05) is 0 Å². The van der Waals surface area contributed by atoms with E-state index >= 15 is 0 Å². The van der Waals surface area contributed by atoms with Crippen LogP contribution in [-0.2, 0) is 29.5 Å². The molecule has 0 unspecified atom stereocenters. The Morgan fingerprint density at radius 3 is 1.54 bits per heavy atom. The number of nitrogens with two attached hydrogens (primary N) is 1. The average Bonchev–Trinajstić information content (AvgIpc) is 2.80. The van der Waals surface area contributed by atoms with Crippen LogP contribution in [0.4, 0.5) is 13.2 Å². The van der Waals surface area contributed by atoms with Gasteiger partial charge in [-0.15, -0.1) is 0 Å². The average molecular weight is 594 g/mol. The van der Waals surface area contributed by atoms with Gasteiger partial charge in [0.1, 0.15) is 0 Å². The summed E-state index contributed by atoms with van der Waals surface area (Å²) in [6, 6.07) is 16.3. The van der Waals surface area contributed by atoms with Gasteiger partial charge in [-0.05, 0) is 73.6 Å². The number of sulfonamides is 1. The second kappa shape index (κ2) is 12.8. The van der Waals surface area contributed by atoms with Crippen LogP contribution < -0.4 is 10.5 Å². The fourth-order valence-electron chi connectivity index (χ4n) is 3.52. The van der Waals surface area contributed by atoms with Gasteiger partial charge in [0, 0.05) is 19.5 Å². The van der Waals surface area contributed by atoms with E-state index in [2.05, 4.69) is 40.7 Å². The summed E-state index contributed by atoms with van der Waals surface area (Å²) in [4.78, 5) is 0. The molecule has 9 heteroatoms. The van der Waals surface area contributed by atoms with E-state index in [0.29, 0.717) is 11.1 Å². The van der Waals surface area contributed by atoms with Crippen LogP contribution in [0.5, 0.6) is 0 Å². The van der Waals surface area contributed by atoms with E-state index in [1.807, 2.05) is 0 Å². The molecule has 3 aromatic carbocycles. The molecule has 0 heterocycles. The fraction of sp³-hybridized carbons (Fsp3) is 0.308. The van der Waals surface area contributed by atoms with Crippen LogP contribution in [-0.4, -0.2) is 13.9 Å². The number of halogens is 3. The molecule has 0 radical (unpaired) electrons. The van der Waals surface area contributed by atoms with Gasteiger partial charge in [0.05, 0.1) is 12.1 Å². The molecule has 0 aliphatic rings. The Bertz CT molecular complexity index is 1180. The van der Waals surface area contributed by atoms with Gasteiger partial charge in [-0.3, -0.25) is 0 Å². The summed E-state index contributed by atoms with van der Waals surface area (Å²) in [5.41, 5.74) is 8.62. The molecule has 3 N–H and O–H groups in total. The number of benzene rings is 3. The normalized spacial score (nSPS) is 13.2. The van der Waals surface area contributed by atoms with Crippen molar-refractivity contribution < 1.29 is 41.1 Å². The number of alkyl halides is 3. The van der Waals surface area contributed by atoms with Gasteiger partial charge in [-0.1, -0.05) is 66.7 Å². The molecule has 0 bridgehead atoms. The van der Waals surface area contributed by atoms with Crippen molar-refractivity contribution in [3.8, 4) is 0 Å². The Morgan fingerprint density at radius 1 is 0.743 bits per heavy atom. The minimum absolute atomic E-state index is 0. The van der Waals surface area contributed by atoms with Crippen LogP contribution >= 0.6 is 0 Å². The first kappa shape index (κ1) is 31.0. The molecule has 192 valence electrons. The first-order chi connectivity index (χ1) is 15.8. The van der Waals surface area contributed by atoms with Crippen LogP contribution in [0, 0.1) is 34.6 Å². The zero-order valence-electron chi connectivity index (χ0n) is 20.3. The monoisotopic (exact) mass is 594 g/mol. The summed E-state index contributed by atoms with van der Waals surface area (Å²) in [5, 5.41) is 0. The first-order valence-corrected chi connectivity index (χ1v) is 12.2. The van der Waals surface area contributed by atoms with Crippen molar-refractivity contribution >= 4 is 10.0 Å². The van der Waals surface area contributed by atoms with E-state index < -0.39 is 27.6 Å². The van der Waals surface area contributed by atoms with Gasteiger partial charge < -0.3 is 5.73 Å².